The van der Waals surface area contributed by atoms with E-state index in [0.717, 1.165) is 26.9 Å². The van der Waals surface area contributed by atoms with Gasteiger partial charge in [0.1, 0.15) is 10.8 Å². The summed E-state index contributed by atoms with van der Waals surface area (Å²) < 4.78 is 6.36. The van der Waals surface area contributed by atoms with Crippen LogP contribution >= 0.6 is 11.3 Å². The molecule has 0 radical (unpaired) electrons. The van der Waals surface area contributed by atoms with Crippen molar-refractivity contribution < 1.29 is 9.53 Å². The number of benzene rings is 2. The molecule has 0 N–H and O–H groups in total. The van der Waals surface area contributed by atoms with Crippen molar-refractivity contribution in [1.29, 1.82) is 0 Å². The van der Waals surface area contributed by atoms with Gasteiger partial charge in [0, 0.05) is 6.08 Å². The van der Waals surface area contributed by atoms with Crippen LogP contribution in [-0.2, 0) is 4.79 Å². The van der Waals surface area contributed by atoms with Crippen molar-refractivity contribution in [3.05, 3.63) is 61.2 Å². The molecule has 1 aromatic heterocycles. The molecule has 20 heavy (non-hydrogen) atoms. The zero-order valence-corrected chi connectivity index (χ0v) is 11.4. The Morgan fingerprint density at radius 2 is 1.90 bits per heavy atom. The number of carbonyl (C=O) groups is 1. The van der Waals surface area contributed by atoms with E-state index in [9.17, 15) is 4.79 Å². The van der Waals surface area contributed by atoms with Crippen LogP contribution in [0.3, 0.4) is 0 Å². The third-order valence-corrected chi connectivity index (χ3v) is 3.86. The van der Waals surface area contributed by atoms with E-state index in [-0.39, 0.29) is 0 Å². The van der Waals surface area contributed by atoms with E-state index < -0.39 is 5.97 Å². The first-order valence-corrected chi connectivity index (χ1v) is 6.89. The molecule has 0 bridgehead atoms. The molecule has 3 nitrogen and oxygen atoms in total. The zero-order valence-electron chi connectivity index (χ0n) is 10.6. The number of carbonyl (C=O) groups excluding carboxylic acids is 1. The third kappa shape index (κ3) is 2.33. The number of fused-ring (bicyclic) bond motifs is 1. The number of nitrogens with zero attached hydrogens (tertiary/aromatic N) is 1. The van der Waals surface area contributed by atoms with Crippen molar-refractivity contribution in [3.8, 4) is 16.3 Å². The van der Waals surface area contributed by atoms with Crippen LogP contribution in [-0.4, -0.2) is 11.0 Å². The molecule has 0 saturated carbocycles. The predicted molar refractivity (Wildman–Crippen MR) is 80.9 cm³/mol. The lowest BCUT2D eigenvalue weighted by Gasteiger charge is -2.05. The van der Waals surface area contributed by atoms with Crippen molar-refractivity contribution in [2.45, 2.75) is 0 Å². The first kappa shape index (κ1) is 12.6. The van der Waals surface area contributed by atoms with Gasteiger partial charge in [-0.2, -0.15) is 0 Å². The lowest BCUT2D eigenvalue weighted by Crippen LogP contribution is -2.03. The van der Waals surface area contributed by atoms with Gasteiger partial charge in [0.05, 0.1) is 15.8 Å². The molecule has 0 atom stereocenters. The van der Waals surface area contributed by atoms with Crippen molar-refractivity contribution in [2.24, 2.45) is 0 Å². The monoisotopic (exact) mass is 281 g/mol. The Kier molecular flexibility index (Phi) is 3.31. The average molecular weight is 281 g/mol. The topological polar surface area (TPSA) is 39.2 Å². The largest absolute Gasteiger partial charge is 0.423 e. The molecule has 1 heterocycles. The molecule has 3 rings (SSSR count). The highest BCUT2D eigenvalue weighted by Gasteiger charge is 2.12. The highest BCUT2D eigenvalue weighted by atomic mass is 32.1. The molecule has 0 aliphatic heterocycles. The van der Waals surface area contributed by atoms with Crippen molar-refractivity contribution in [2.75, 3.05) is 0 Å². The van der Waals surface area contributed by atoms with Gasteiger partial charge in [0.15, 0.2) is 0 Å². The van der Waals surface area contributed by atoms with Crippen LogP contribution in [0.5, 0.6) is 5.75 Å². The van der Waals surface area contributed by atoms with E-state index in [1.165, 1.54) is 0 Å². The molecular weight excluding hydrogens is 270 g/mol. The number of esters is 1. The second-order valence-corrected chi connectivity index (χ2v) is 5.14. The van der Waals surface area contributed by atoms with Crippen LogP contribution in [0, 0.1) is 0 Å². The molecule has 0 amide bonds. The second-order valence-electron chi connectivity index (χ2n) is 4.11. The Balaban J connectivity index is 2.09. The predicted octanol–water partition coefficient (Wildman–Crippen LogP) is 4.05. The van der Waals surface area contributed by atoms with Gasteiger partial charge in [0.25, 0.3) is 0 Å². The molecule has 98 valence electrons. The summed E-state index contributed by atoms with van der Waals surface area (Å²) in [5.74, 6) is 0.0232. The van der Waals surface area contributed by atoms with E-state index in [1.54, 1.807) is 17.4 Å². The minimum absolute atomic E-state index is 0.474. The Labute approximate surface area is 120 Å². The standard InChI is InChI=1S/C16H11NO2S/c1-2-15(18)19-13-9-5-3-7-11(13)16-17-12-8-4-6-10-14(12)20-16/h2-10H,1H2. The fourth-order valence-electron chi connectivity index (χ4n) is 1.87. The van der Waals surface area contributed by atoms with Crippen molar-refractivity contribution in [3.63, 3.8) is 0 Å². The molecule has 0 unspecified atom stereocenters. The van der Waals surface area contributed by atoms with Crippen LogP contribution in [0.4, 0.5) is 0 Å². The van der Waals surface area contributed by atoms with Gasteiger partial charge >= 0.3 is 5.97 Å². The highest BCUT2D eigenvalue weighted by Crippen LogP contribution is 2.35. The molecule has 0 aliphatic rings. The normalized spacial score (nSPS) is 10.4. The first-order valence-electron chi connectivity index (χ1n) is 6.07. The van der Waals surface area contributed by atoms with Gasteiger partial charge in [-0.1, -0.05) is 30.8 Å². The lowest BCUT2D eigenvalue weighted by atomic mass is 10.2. The number of hydrogen-bond acceptors (Lipinski definition) is 4. The Hall–Kier alpha value is -2.46. The van der Waals surface area contributed by atoms with Crippen molar-refractivity contribution >= 4 is 27.5 Å². The SMILES string of the molecule is C=CC(=O)Oc1ccccc1-c1nc2ccccc2s1. The first-order chi connectivity index (χ1) is 9.78. The summed E-state index contributed by atoms with van der Waals surface area (Å²) >= 11 is 1.57. The Morgan fingerprint density at radius 1 is 1.15 bits per heavy atom. The van der Waals surface area contributed by atoms with Gasteiger partial charge in [-0.15, -0.1) is 11.3 Å². The second kappa shape index (κ2) is 5.27. The number of rotatable bonds is 3. The molecule has 0 saturated heterocycles. The van der Waals surface area contributed by atoms with E-state index in [4.69, 9.17) is 4.74 Å². The number of thiazole rings is 1. The number of aromatic nitrogens is 1. The van der Waals surface area contributed by atoms with Gasteiger partial charge in [-0.3, -0.25) is 0 Å². The van der Waals surface area contributed by atoms with Crippen LogP contribution in [0.1, 0.15) is 0 Å². The lowest BCUT2D eigenvalue weighted by molar-refractivity contribution is -0.128. The average Bonchev–Trinajstić information content (AvgIpc) is 2.91. The van der Waals surface area contributed by atoms with E-state index in [1.807, 2.05) is 42.5 Å². The Bertz CT molecular complexity index is 759. The van der Waals surface area contributed by atoms with E-state index >= 15 is 0 Å². The number of hydrogen-bond donors (Lipinski definition) is 0. The summed E-state index contributed by atoms with van der Waals surface area (Å²) in [5.41, 5.74) is 1.75. The summed E-state index contributed by atoms with van der Waals surface area (Å²) in [6.07, 6.45) is 1.15. The van der Waals surface area contributed by atoms with Crippen LogP contribution in [0.25, 0.3) is 20.8 Å². The quantitative estimate of drug-likeness (QED) is 0.413. The molecule has 2 aromatic carbocycles. The molecule has 3 aromatic rings. The van der Waals surface area contributed by atoms with Gasteiger partial charge < -0.3 is 4.74 Å². The van der Waals surface area contributed by atoms with Gasteiger partial charge in [0.2, 0.25) is 0 Å². The Morgan fingerprint density at radius 3 is 2.70 bits per heavy atom. The maximum atomic E-state index is 11.4. The minimum atomic E-state index is -0.474. The van der Waals surface area contributed by atoms with Gasteiger partial charge in [-0.05, 0) is 24.3 Å². The third-order valence-electron chi connectivity index (χ3n) is 2.79. The minimum Gasteiger partial charge on any atom is -0.423 e. The summed E-state index contributed by atoms with van der Waals surface area (Å²) in [6.45, 7) is 3.41. The number of para-hydroxylation sites is 2. The summed E-state index contributed by atoms with van der Waals surface area (Å²) in [6, 6.07) is 15.3. The van der Waals surface area contributed by atoms with Crippen LogP contribution < -0.4 is 4.74 Å². The van der Waals surface area contributed by atoms with E-state index in [0.29, 0.717) is 5.75 Å². The maximum Gasteiger partial charge on any atom is 0.335 e. The van der Waals surface area contributed by atoms with Gasteiger partial charge in [-0.25, -0.2) is 9.78 Å². The van der Waals surface area contributed by atoms with Crippen LogP contribution in [0.15, 0.2) is 61.2 Å². The molecule has 0 spiro atoms. The van der Waals surface area contributed by atoms with Crippen LogP contribution in [0.2, 0.25) is 0 Å². The van der Waals surface area contributed by atoms with E-state index in [2.05, 4.69) is 11.6 Å². The number of ether oxygens (including phenoxy) is 1. The fourth-order valence-corrected chi connectivity index (χ4v) is 2.87. The summed E-state index contributed by atoms with van der Waals surface area (Å²) in [7, 11) is 0. The summed E-state index contributed by atoms with van der Waals surface area (Å²) in [4.78, 5) is 16.0. The molecule has 0 aliphatic carbocycles. The molecular formula is C16H11NO2S. The summed E-state index contributed by atoms with van der Waals surface area (Å²) in [5, 5.41) is 0.832. The maximum absolute atomic E-state index is 11.4. The molecule has 0 fully saturated rings. The smallest absolute Gasteiger partial charge is 0.335 e. The van der Waals surface area contributed by atoms with Crippen molar-refractivity contribution in [1.82, 2.24) is 4.98 Å². The fraction of sp³-hybridized carbons (Fsp3) is 0. The highest BCUT2D eigenvalue weighted by molar-refractivity contribution is 7.21. The zero-order chi connectivity index (χ0) is 13.9. The molecule has 4 heteroatoms.